The number of esters is 1. The van der Waals surface area contributed by atoms with Gasteiger partial charge in [-0.25, -0.2) is 8.98 Å². The van der Waals surface area contributed by atoms with Crippen molar-refractivity contribution in [3.8, 4) is 0 Å². The Balaban J connectivity index is 4.04. The molecule has 0 saturated carbocycles. The highest BCUT2D eigenvalue weighted by Gasteiger charge is 2.22. The Kier molecular flexibility index (Phi) is 12.4. The zero-order valence-electron chi connectivity index (χ0n) is 14.6. The molecule has 0 spiro atoms. The predicted octanol–water partition coefficient (Wildman–Crippen LogP) is 3.90. The number of rotatable bonds is 14. The smallest absolute Gasteiger partial charge is 0.398 e. The van der Waals surface area contributed by atoms with Crippen LogP contribution in [0.15, 0.2) is 0 Å². The fraction of sp³-hybridized carbons (Fsp3) is 0.938. The van der Waals surface area contributed by atoms with Crippen LogP contribution in [-0.4, -0.2) is 31.7 Å². The molecule has 0 radical (unpaired) electrons. The van der Waals surface area contributed by atoms with Crippen LogP contribution in [0.3, 0.4) is 0 Å². The highest BCUT2D eigenvalue weighted by Crippen LogP contribution is 2.18. The van der Waals surface area contributed by atoms with E-state index in [-0.39, 0.29) is 12.5 Å². The van der Waals surface area contributed by atoms with Gasteiger partial charge in [-0.2, -0.15) is 8.42 Å². The highest BCUT2D eigenvalue weighted by molar-refractivity contribution is 7.80. The zero-order chi connectivity index (χ0) is 17.7. The minimum atomic E-state index is -4.64. The molecule has 1 N–H and O–H groups in total. The van der Waals surface area contributed by atoms with E-state index in [0.29, 0.717) is 0 Å². The quantitative estimate of drug-likeness (QED) is 0.290. The molecule has 2 atom stereocenters. The summed E-state index contributed by atoms with van der Waals surface area (Å²) in [6, 6.07) is 0. The van der Waals surface area contributed by atoms with Gasteiger partial charge in [0, 0.05) is 0 Å². The molecule has 0 aromatic carbocycles. The number of ether oxygens (including phenoxy) is 1. The van der Waals surface area contributed by atoms with Gasteiger partial charge < -0.3 is 4.74 Å². The van der Waals surface area contributed by atoms with Crippen LogP contribution < -0.4 is 0 Å². The fourth-order valence-corrected chi connectivity index (χ4v) is 2.91. The number of carbonyl (C=O) groups excluding carboxylic acids is 1. The lowest BCUT2D eigenvalue weighted by Crippen LogP contribution is -2.27. The van der Waals surface area contributed by atoms with E-state index in [0.717, 1.165) is 25.7 Å². The lowest BCUT2D eigenvalue weighted by atomic mass is 9.97. The van der Waals surface area contributed by atoms with Gasteiger partial charge in [0.1, 0.15) is 0 Å². The Labute approximate surface area is 140 Å². The average molecular weight is 352 g/mol. The summed E-state index contributed by atoms with van der Waals surface area (Å²) in [7, 11) is -4.64. The third-order valence-corrected chi connectivity index (χ3v) is 4.25. The molecule has 0 aliphatic heterocycles. The van der Waals surface area contributed by atoms with Crippen molar-refractivity contribution in [3.05, 3.63) is 0 Å². The van der Waals surface area contributed by atoms with Crippen molar-refractivity contribution < 1.29 is 26.7 Å². The summed E-state index contributed by atoms with van der Waals surface area (Å²) in [4.78, 5) is 11.7. The summed E-state index contributed by atoms with van der Waals surface area (Å²) in [5, 5.41) is 0. The van der Waals surface area contributed by atoms with Gasteiger partial charge in [0.2, 0.25) is 0 Å². The van der Waals surface area contributed by atoms with E-state index in [1.54, 1.807) is 0 Å². The van der Waals surface area contributed by atoms with Gasteiger partial charge >= 0.3 is 16.4 Å². The van der Waals surface area contributed by atoms with Gasteiger partial charge in [-0.05, 0) is 25.7 Å². The van der Waals surface area contributed by atoms with Gasteiger partial charge in [0.25, 0.3) is 0 Å². The summed E-state index contributed by atoms with van der Waals surface area (Å²) >= 11 is 0. The molecule has 2 unspecified atom stereocenters. The first-order valence-corrected chi connectivity index (χ1v) is 9.99. The molecule has 0 rings (SSSR count). The minimum absolute atomic E-state index is 0.265. The maximum Gasteiger partial charge on any atom is 0.398 e. The molecule has 0 amide bonds. The predicted molar refractivity (Wildman–Crippen MR) is 89.4 cm³/mol. The van der Waals surface area contributed by atoms with Crippen LogP contribution in [-0.2, 0) is 24.1 Å². The number of hydrogen-bond acceptors (Lipinski definition) is 5. The van der Waals surface area contributed by atoms with Crippen LogP contribution in [0.1, 0.15) is 78.6 Å². The molecule has 0 bridgehead atoms. The maximum absolute atomic E-state index is 11.7. The third kappa shape index (κ3) is 13.5. The Hall–Kier alpha value is -0.660. The second-order valence-corrected chi connectivity index (χ2v) is 7.06. The first kappa shape index (κ1) is 22.3. The average Bonchev–Trinajstić information content (AvgIpc) is 2.46. The van der Waals surface area contributed by atoms with Crippen LogP contribution in [0.4, 0.5) is 0 Å². The second-order valence-electron chi connectivity index (χ2n) is 6.01. The Bertz CT molecular complexity index is 407. The van der Waals surface area contributed by atoms with Gasteiger partial charge in [-0.3, -0.25) is 4.55 Å². The molecule has 6 nitrogen and oxygen atoms in total. The SMILES string of the molecule is CCCCCCCCC(CCC)COC(=O)C(C)OS(=O)(=O)O. The maximum atomic E-state index is 11.7. The molecule has 7 heteroatoms. The van der Waals surface area contributed by atoms with E-state index in [2.05, 4.69) is 18.0 Å². The van der Waals surface area contributed by atoms with E-state index in [9.17, 15) is 13.2 Å². The summed E-state index contributed by atoms with van der Waals surface area (Å²) in [5.41, 5.74) is 0. The summed E-state index contributed by atoms with van der Waals surface area (Å²) in [6.45, 7) is 5.78. The van der Waals surface area contributed by atoms with Crippen LogP contribution >= 0.6 is 0 Å². The highest BCUT2D eigenvalue weighted by atomic mass is 32.3. The molecule has 0 aliphatic carbocycles. The molecule has 138 valence electrons. The topological polar surface area (TPSA) is 89.9 Å². The van der Waals surface area contributed by atoms with E-state index < -0.39 is 22.5 Å². The fourth-order valence-electron chi connectivity index (χ4n) is 2.47. The first-order valence-electron chi connectivity index (χ1n) is 8.62. The van der Waals surface area contributed by atoms with Gasteiger partial charge in [-0.15, -0.1) is 0 Å². The lowest BCUT2D eigenvalue weighted by molar-refractivity contribution is -0.152. The van der Waals surface area contributed by atoms with Crippen LogP contribution in [0, 0.1) is 5.92 Å². The molecule has 23 heavy (non-hydrogen) atoms. The van der Waals surface area contributed by atoms with Crippen LogP contribution in [0.2, 0.25) is 0 Å². The van der Waals surface area contributed by atoms with Crippen LogP contribution in [0.25, 0.3) is 0 Å². The number of hydrogen-bond donors (Lipinski definition) is 1. The van der Waals surface area contributed by atoms with Gasteiger partial charge in [0.05, 0.1) is 6.61 Å². The summed E-state index contributed by atoms with van der Waals surface area (Å²) in [6.07, 6.45) is 8.98. The number of unbranched alkanes of at least 4 members (excludes halogenated alkanes) is 5. The van der Waals surface area contributed by atoms with Crippen molar-refractivity contribution in [1.29, 1.82) is 0 Å². The molecule has 0 aromatic heterocycles. The van der Waals surface area contributed by atoms with Crippen LogP contribution in [0.5, 0.6) is 0 Å². The first-order chi connectivity index (χ1) is 10.8. The van der Waals surface area contributed by atoms with Crippen molar-refractivity contribution >= 4 is 16.4 Å². The Morgan fingerprint density at radius 1 is 1.00 bits per heavy atom. The lowest BCUT2D eigenvalue weighted by Gasteiger charge is -2.17. The molecule has 0 aliphatic rings. The molecule has 0 heterocycles. The molecule has 0 saturated heterocycles. The molecule has 0 aromatic rings. The van der Waals surface area contributed by atoms with E-state index in [4.69, 9.17) is 9.29 Å². The van der Waals surface area contributed by atoms with Gasteiger partial charge in [-0.1, -0.05) is 58.8 Å². The largest absolute Gasteiger partial charge is 0.463 e. The normalized spacial score (nSPS) is 14.4. The van der Waals surface area contributed by atoms with E-state index in [1.165, 1.54) is 39.0 Å². The third-order valence-electron chi connectivity index (χ3n) is 3.72. The second kappa shape index (κ2) is 12.7. The molecular weight excluding hydrogens is 320 g/mol. The summed E-state index contributed by atoms with van der Waals surface area (Å²) < 4.78 is 39.0. The van der Waals surface area contributed by atoms with Crippen molar-refractivity contribution in [2.75, 3.05) is 6.61 Å². The molecular formula is C16H32O6S. The minimum Gasteiger partial charge on any atom is -0.463 e. The standard InChI is InChI=1S/C16H32O6S/c1-4-6-7-8-9-10-12-15(11-5-2)13-21-16(17)14(3)22-23(18,19)20/h14-15H,4-13H2,1-3H3,(H,18,19,20). The van der Waals surface area contributed by atoms with Crippen molar-refractivity contribution in [1.82, 2.24) is 0 Å². The zero-order valence-corrected chi connectivity index (χ0v) is 15.4. The van der Waals surface area contributed by atoms with Crippen molar-refractivity contribution in [3.63, 3.8) is 0 Å². The number of carbonyl (C=O) groups is 1. The summed E-state index contributed by atoms with van der Waals surface area (Å²) in [5.74, 6) is -0.486. The monoisotopic (exact) mass is 352 g/mol. The van der Waals surface area contributed by atoms with Crippen molar-refractivity contribution in [2.45, 2.75) is 84.7 Å². The van der Waals surface area contributed by atoms with Gasteiger partial charge in [0.15, 0.2) is 6.10 Å². The molecule has 0 fully saturated rings. The van der Waals surface area contributed by atoms with E-state index in [1.807, 2.05) is 0 Å². The Morgan fingerprint density at radius 3 is 2.17 bits per heavy atom. The van der Waals surface area contributed by atoms with Crippen molar-refractivity contribution in [2.24, 2.45) is 5.92 Å². The van der Waals surface area contributed by atoms with E-state index >= 15 is 0 Å². The Morgan fingerprint density at radius 2 is 1.61 bits per heavy atom.